The second kappa shape index (κ2) is 4.58. The van der Waals surface area contributed by atoms with Crippen molar-refractivity contribution < 1.29 is 4.92 Å². The SMILES string of the molecule is Nc1c(I)cc2c(c1I)Cc1cc([N+](=O)[O-])ccc1-2. The quantitative estimate of drug-likeness (QED) is 0.249. The Balaban J connectivity index is 2.22. The zero-order valence-electron chi connectivity index (χ0n) is 9.61. The number of anilines is 1. The molecule has 0 aliphatic heterocycles. The molecule has 3 rings (SSSR count). The van der Waals surface area contributed by atoms with Crippen molar-refractivity contribution in [3.8, 4) is 11.1 Å². The van der Waals surface area contributed by atoms with Crippen LogP contribution in [0, 0.1) is 17.3 Å². The van der Waals surface area contributed by atoms with E-state index in [-0.39, 0.29) is 10.6 Å². The predicted molar refractivity (Wildman–Crippen MR) is 91.2 cm³/mol. The number of fused-ring (bicyclic) bond motifs is 3. The van der Waals surface area contributed by atoms with Gasteiger partial charge in [-0.15, -0.1) is 0 Å². The average Bonchev–Trinajstić information content (AvgIpc) is 2.74. The summed E-state index contributed by atoms with van der Waals surface area (Å²) in [5.74, 6) is 0. The Morgan fingerprint density at radius 2 is 1.95 bits per heavy atom. The lowest BCUT2D eigenvalue weighted by Gasteiger charge is -2.08. The van der Waals surface area contributed by atoms with Crippen LogP contribution in [0.2, 0.25) is 0 Å². The minimum absolute atomic E-state index is 0.143. The lowest BCUT2D eigenvalue weighted by Crippen LogP contribution is -1.97. The fraction of sp³-hybridized carbons (Fsp3) is 0.0769. The van der Waals surface area contributed by atoms with Crippen molar-refractivity contribution in [2.75, 3.05) is 5.73 Å². The molecule has 0 atom stereocenters. The maximum Gasteiger partial charge on any atom is 0.269 e. The van der Waals surface area contributed by atoms with Crippen LogP contribution >= 0.6 is 45.2 Å². The Bertz CT molecular complexity index is 729. The lowest BCUT2D eigenvalue weighted by atomic mass is 10.1. The lowest BCUT2D eigenvalue weighted by molar-refractivity contribution is -0.384. The van der Waals surface area contributed by atoms with E-state index in [1.54, 1.807) is 12.1 Å². The van der Waals surface area contributed by atoms with Gasteiger partial charge in [0, 0.05) is 25.7 Å². The number of nitrogens with zero attached hydrogens (tertiary/aromatic N) is 1. The minimum atomic E-state index is -0.355. The molecule has 2 N–H and O–H groups in total. The normalized spacial score (nSPS) is 12.1. The predicted octanol–water partition coefficient (Wildman–Crippen LogP) is 3.96. The van der Waals surface area contributed by atoms with Gasteiger partial charge in [0.05, 0.1) is 10.6 Å². The zero-order valence-corrected chi connectivity index (χ0v) is 13.9. The van der Waals surface area contributed by atoms with Crippen LogP contribution < -0.4 is 5.73 Å². The Morgan fingerprint density at radius 3 is 2.63 bits per heavy atom. The molecule has 0 aromatic heterocycles. The zero-order chi connectivity index (χ0) is 13.7. The second-order valence-electron chi connectivity index (χ2n) is 4.39. The number of nitro groups is 1. The highest BCUT2D eigenvalue weighted by Gasteiger charge is 2.24. The van der Waals surface area contributed by atoms with Crippen LogP contribution in [0.15, 0.2) is 24.3 Å². The number of halogens is 2. The van der Waals surface area contributed by atoms with Crippen molar-refractivity contribution in [1.82, 2.24) is 0 Å². The van der Waals surface area contributed by atoms with E-state index in [4.69, 9.17) is 5.73 Å². The summed E-state index contributed by atoms with van der Waals surface area (Å²) in [6, 6.07) is 7.12. The summed E-state index contributed by atoms with van der Waals surface area (Å²) in [6.07, 6.45) is 0.714. The first kappa shape index (κ1) is 13.1. The Kier molecular flexibility index (Phi) is 3.16. The van der Waals surface area contributed by atoms with E-state index in [2.05, 4.69) is 51.2 Å². The van der Waals surface area contributed by atoms with Crippen molar-refractivity contribution in [3.63, 3.8) is 0 Å². The summed E-state index contributed by atoms with van der Waals surface area (Å²) in [4.78, 5) is 10.5. The van der Waals surface area contributed by atoms with Crippen LogP contribution in [0.25, 0.3) is 11.1 Å². The van der Waals surface area contributed by atoms with Gasteiger partial charge in [-0.2, -0.15) is 0 Å². The first-order valence-electron chi connectivity index (χ1n) is 5.53. The molecule has 1 aliphatic carbocycles. The van der Waals surface area contributed by atoms with Crippen LogP contribution in [0.3, 0.4) is 0 Å². The Labute approximate surface area is 136 Å². The van der Waals surface area contributed by atoms with E-state index in [9.17, 15) is 10.1 Å². The van der Waals surface area contributed by atoms with Crippen molar-refractivity contribution in [3.05, 3.63) is 52.6 Å². The van der Waals surface area contributed by atoms with Crippen LogP contribution in [0.5, 0.6) is 0 Å². The van der Waals surface area contributed by atoms with Gasteiger partial charge < -0.3 is 5.73 Å². The smallest absolute Gasteiger partial charge is 0.269 e. The molecule has 19 heavy (non-hydrogen) atoms. The fourth-order valence-electron chi connectivity index (χ4n) is 2.38. The van der Waals surface area contributed by atoms with Gasteiger partial charge in [-0.25, -0.2) is 0 Å². The van der Waals surface area contributed by atoms with Crippen LogP contribution in [0.1, 0.15) is 11.1 Å². The Hall–Kier alpha value is -0.900. The minimum Gasteiger partial charge on any atom is -0.397 e. The number of non-ortho nitro benzene ring substituents is 1. The maximum absolute atomic E-state index is 10.8. The number of hydrogen-bond donors (Lipinski definition) is 1. The number of benzene rings is 2. The van der Waals surface area contributed by atoms with Crippen molar-refractivity contribution in [2.24, 2.45) is 0 Å². The van der Waals surface area contributed by atoms with Gasteiger partial charge in [0.25, 0.3) is 5.69 Å². The average molecular weight is 478 g/mol. The third-order valence-corrected chi connectivity index (χ3v) is 5.44. The number of nitro benzene ring substituents is 1. The molecule has 0 bridgehead atoms. The fourth-order valence-corrected chi connectivity index (χ4v) is 4.25. The topological polar surface area (TPSA) is 69.2 Å². The monoisotopic (exact) mass is 478 g/mol. The molecular formula is C13H8I2N2O2. The summed E-state index contributed by atoms with van der Waals surface area (Å²) in [6.45, 7) is 0. The van der Waals surface area contributed by atoms with Gasteiger partial charge in [-0.1, -0.05) is 0 Å². The molecule has 2 aromatic carbocycles. The first-order chi connectivity index (χ1) is 8.99. The van der Waals surface area contributed by atoms with Gasteiger partial charge >= 0.3 is 0 Å². The molecule has 6 heteroatoms. The molecule has 0 unspecified atom stereocenters. The molecule has 1 aliphatic rings. The third-order valence-electron chi connectivity index (χ3n) is 3.31. The van der Waals surface area contributed by atoms with Crippen LogP contribution in [0.4, 0.5) is 11.4 Å². The van der Waals surface area contributed by atoms with E-state index >= 15 is 0 Å². The summed E-state index contributed by atoms with van der Waals surface area (Å²) >= 11 is 4.47. The molecule has 0 fully saturated rings. The third kappa shape index (κ3) is 2.00. The number of hydrogen-bond acceptors (Lipinski definition) is 3. The molecule has 0 saturated carbocycles. The summed E-state index contributed by atoms with van der Waals surface area (Å²) in [7, 11) is 0. The number of rotatable bonds is 1. The molecule has 2 aromatic rings. The van der Waals surface area contributed by atoms with Gasteiger partial charge in [0.1, 0.15) is 0 Å². The van der Waals surface area contributed by atoms with E-state index in [1.165, 1.54) is 5.56 Å². The largest absolute Gasteiger partial charge is 0.397 e. The van der Waals surface area contributed by atoms with E-state index in [0.717, 1.165) is 29.5 Å². The van der Waals surface area contributed by atoms with Crippen molar-refractivity contribution in [1.29, 1.82) is 0 Å². The summed E-state index contributed by atoms with van der Waals surface area (Å²) < 4.78 is 2.07. The highest BCUT2D eigenvalue weighted by Crippen LogP contribution is 2.43. The van der Waals surface area contributed by atoms with Crippen molar-refractivity contribution >= 4 is 56.6 Å². The van der Waals surface area contributed by atoms with Gasteiger partial charge in [0.2, 0.25) is 0 Å². The molecule has 4 nitrogen and oxygen atoms in total. The van der Waals surface area contributed by atoms with Crippen molar-refractivity contribution in [2.45, 2.75) is 6.42 Å². The van der Waals surface area contributed by atoms with E-state index in [1.807, 2.05) is 6.07 Å². The highest BCUT2D eigenvalue weighted by molar-refractivity contribution is 14.1. The number of nitrogens with two attached hydrogens (primary N) is 1. The van der Waals surface area contributed by atoms with Gasteiger partial charge in [0.15, 0.2) is 0 Å². The number of nitrogen functional groups attached to an aromatic ring is 1. The highest BCUT2D eigenvalue weighted by atomic mass is 127. The molecule has 0 radical (unpaired) electrons. The molecule has 96 valence electrons. The molecule has 0 saturated heterocycles. The first-order valence-corrected chi connectivity index (χ1v) is 7.69. The molecule has 0 heterocycles. The van der Waals surface area contributed by atoms with Gasteiger partial charge in [-0.3, -0.25) is 10.1 Å². The Morgan fingerprint density at radius 1 is 1.21 bits per heavy atom. The summed E-state index contributed by atoms with van der Waals surface area (Å²) in [5, 5.41) is 10.8. The molecular weight excluding hydrogens is 470 g/mol. The summed E-state index contributed by atoms with van der Waals surface area (Å²) in [5.41, 5.74) is 11.4. The maximum atomic E-state index is 10.8. The molecule has 0 amide bonds. The van der Waals surface area contributed by atoms with E-state index in [0.29, 0.717) is 6.42 Å². The second-order valence-corrected chi connectivity index (χ2v) is 6.63. The van der Waals surface area contributed by atoms with Crippen LogP contribution in [-0.2, 0) is 6.42 Å². The van der Waals surface area contributed by atoms with Crippen LogP contribution in [-0.4, -0.2) is 4.92 Å². The molecule has 0 spiro atoms. The van der Waals surface area contributed by atoms with Gasteiger partial charge in [-0.05, 0) is 79.6 Å². The van der Waals surface area contributed by atoms with E-state index < -0.39 is 0 Å². The standard InChI is InChI=1S/C13H8I2N2O2/c14-11-5-9-8-2-1-7(17(18)19)3-6(8)4-10(9)12(15)13(11)16/h1-3,5H,4,16H2.